The van der Waals surface area contributed by atoms with Crippen molar-refractivity contribution in [3.05, 3.63) is 35.9 Å². The molecule has 1 heterocycles. The molecule has 2 heteroatoms. The number of fused-ring (bicyclic) bond motifs is 1. The average Bonchev–Trinajstić information content (AvgIpc) is 2.71. The quantitative estimate of drug-likeness (QED) is 0.669. The maximum absolute atomic E-state index is 10.1. The molecule has 0 aromatic heterocycles. The lowest BCUT2D eigenvalue weighted by molar-refractivity contribution is 0.116. The average molecular weight is 175 g/mol. The van der Waals surface area contributed by atoms with Crippen molar-refractivity contribution in [2.24, 2.45) is 5.92 Å². The second-order valence-corrected chi connectivity index (χ2v) is 4.14. The molecule has 3 rings (SSSR count). The van der Waals surface area contributed by atoms with Crippen molar-refractivity contribution in [2.75, 3.05) is 6.54 Å². The molecule has 1 aromatic rings. The van der Waals surface area contributed by atoms with Crippen LogP contribution in [0, 0.1) is 5.92 Å². The predicted molar refractivity (Wildman–Crippen MR) is 50.2 cm³/mol. The predicted octanol–water partition coefficient (Wildman–Crippen LogP) is 1.08. The van der Waals surface area contributed by atoms with E-state index in [0.29, 0.717) is 5.92 Å². The van der Waals surface area contributed by atoms with Crippen molar-refractivity contribution < 1.29 is 5.11 Å². The Morgan fingerprint density at radius 2 is 2.08 bits per heavy atom. The molecule has 2 N–H and O–H groups in total. The number of benzene rings is 1. The van der Waals surface area contributed by atoms with Gasteiger partial charge < -0.3 is 10.4 Å². The Balaban J connectivity index is 1.94. The van der Waals surface area contributed by atoms with Crippen LogP contribution in [0.15, 0.2) is 30.3 Å². The van der Waals surface area contributed by atoms with Crippen LogP contribution in [0.5, 0.6) is 0 Å². The first-order valence-corrected chi connectivity index (χ1v) is 4.81. The van der Waals surface area contributed by atoms with Gasteiger partial charge in [0.25, 0.3) is 0 Å². The Labute approximate surface area is 77.6 Å². The van der Waals surface area contributed by atoms with Gasteiger partial charge in [-0.25, -0.2) is 0 Å². The highest BCUT2D eigenvalue weighted by atomic mass is 16.3. The Hall–Kier alpha value is -0.860. The minimum atomic E-state index is -0.429. The molecule has 0 unspecified atom stereocenters. The summed E-state index contributed by atoms with van der Waals surface area (Å²) in [4.78, 5) is 0. The summed E-state index contributed by atoms with van der Waals surface area (Å²) in [7, 11) is 0. The first-order chi connectivity index (χ1) is 6.31. The van der Waals surface area contributed by atoms with Gasteiger partial charge in [0.1, 0.15) is 0 Å². The second kappa shape index (κ2) is 2.34. The summed E-state index contributed by atoms with van der Waals surface area (Å²) in [6.07, 6.45) is 0.972. The van der Waals surface area contributed by atoms with Crippen LogP contribution < -0.4 is 5.32 Å². The molecule has 1 aromatic carbocycles. The van der Waals surface area contributed by atoms with Crippen LogP contribution in [0.1, 0.15) is 18.0 Å². The smallest absolute Gasteiger partial charge is 0.0886 e. The van der Waals surface area contributed by atoms with E-state index in [0.717, 1.165) is 13.0 Å². The van der Waals surface area contributed by atoms with E-state index < -0.39 is 5.60 Å². The van der Waals surface area contributed by atoms with Crippen molar-refractivity contribution in [3.8, 4) is 0 Å². The van der Waals surface area contributed by atoms with Crippen molar-refractivity contribution in [2.45, 2.75) is 18.1 Å². The summed E-state index contributed by atoms with van der Waals surface area (Å²) in [6.45, 7) is 0.968. The van der Waals surface area contributed by atoms with Crippen LogP contribution >= 0.6 is 0 Å². The van der Waals surface area contributed by atoms with Crippen LogP contribution in [0.25, 0.3) is 0 Å². The third-order valence-corrected chi connectivity index (χ3v) is 3.32. The number of hydrogen-bond acceptors (Lipinski definition) is 2. The van der Waals surface area contributed by atoms with E-state index >= 15 is 0 Å². The number of aliphatic hydroxyl groups is 1. The number of rotatable bonds is 1. The van der Waals surface area contributed by atoms with E-state index in [2.05, 4.69) is 17.4 Å². The molecule has 1 aliphatic heterocycles. The second-order valence-electron chi connectivity index (χ2n) is 4.14. The van der Waals surface area contributed by atoms with Crippen LogP contribution in [0.4, 0.5) is 0 Å². The lowest BCUT2D eigenvalue weighted by atomic mass is 10.0. The zero-order valence-corrected chi connectivity index (χ0v) is 7.40. The first kappa shape index (κ1) is 7.54. The van der Waals surface area contributed by atoms with Crippen molar-refractivity contribution in [3.63, 3.8) is 0 Å². The van der Waals surface area contributed by atoms with Gasteiger partial charge in [-0.3, -0.25) is 0 Å². The molecule has 2 fully saturated rings. The fourth-order valence-corrected chi connectivity index (χ4v) is 2.43. The minimum absolute atomic E-state index is 0.165. The van der Waals surface area contributed by atoms with Gasteiger partial charge >= 0.3 is 0 Å². The monoisotopic (exact) mass is 175 g/mol. The van der Waals surface area contributed by atoms with E-state index in [1.165, 1.54) is 5.56 Å². The van der Waals surface area contributed by atoms with Crippen LogP contribution in [0.2, 0.25) is 0 Å². The molecule has 1 aliphatic carbocycles. The van der Waals surface area contributed by atoms with Gasteiger partial charge in [0.2, 0.25) is 0 Å². The maximum Gasteiger partial charge on any atom is 0.0886 e. The summed E-state index contributed by atoms with van der Waals surface area (Å²) in [5.74, 6) is 0.498. The minimum Gasteiger partial charge on any atom is -0.388 e. The molecule has 13 heavy (non-hydrogen) atoms. The van der Waals surface area contributed by atoms with Crippen LogP contribution in [-0.4, -0.2) is 17.3 Å². The molecule has 2 nitrogen and oxygen atoms in total. The highest BCUT2D eigenvalue weighted by Gasteiger charge is 2.62. The molecule has 3 atom stereocenters. The van der Waals surface area contributed by atoms with Gasteiger partial charge in [0, 0.05) is 12.5 Å². The largest absolute Gasteiger partial charge is 0.388 e. The standard InChI is InChI=1S/C11H13NO/c13-11-6-9(11)7-12-10(11)8-4-2-1-3-5-8/h1-5,9-10,12-13H,6-7H2/t9-,10+,11+/m1/s1. The summed E-state index contributed by atoms with van der Waals surface area (Å²) in [5.41, 5.74) is 0.784. The van der Waals surface area contributed by atoms with Gasteiger partial charge in [-0.05, 0) is 12.0 Å². The van der Waals surface area contributed by atoms with Gasteiger partial charge in [-0.1, -0.05) is 30.3 Å². The Bertz CT molecular complexity index is 322. The molecule has 68 valence electrons. The summed E-state index contributed by atoms with van der Waals surface area (Å²) >= 11 is 0. The van der Waals surface area contributed by atoms with Crippen LogP contribution in [0.3, 0.4) is 0 Å². The lowest BCUT2D eigenvalue weighted by Gasteiger charge is -2.18. The Morgan fingerprint density at radius 1 is 1.31 bits per heavy atom. The van der Waals surface area contributed by atoms with E-state index in [1.54, 1.807) is 0 Å². The van der Waals surface area contributed by atoms with E-state index in [4.69, 9.17) is 0 Å². The van der Waals surface area contributed by atoms with Gasteiger partial charge in [-0.2, -0.15) is 0 Å². The summed E-state index contributed by atoms with van der Waals surface area (Å²) in [5, 5.41) is 13.5. The lowest BCUT2D eigenvalue weighted by Crippen LogP contribution is -2.26. The number of piperidine rings is 1. The number of hydrogen-bond donors (Lipinski definition) is 2. The molecule has 0 radical (unpaired) electrons. The number of nitrogens with one attached hydrogen (secondary N) is 1. The van der Waals surface area contributed by atoms with E-state index in [1.807, 2.05) is 18.2 Å². The third kappa shape index (κ3) is 0.960. The Morgan fingerprint density at radius 3 is 2.62 bits per heavy atom. The zero-order chi connectivity index (χ0) is 8.89. The zero-order valence-electron chi connectivity index (χ0n) is 7.40. The fourth-order valence-electron chi connectivity index (χ4n) is 2.43. The van der Waals surface area contributed by atoms with E-state index in [9.17, 15) is 5.11 Å². The molecule has 0 amide bonds. The SMILES string of the molecule is O[C@@]12C[C@@H]1CN[C@H]2c1ccccc1. The Kier molecular flexibility index (Phi) is 1.35. The first-order valence-electron chi connectivity index (χ1n) is 4.81. The third-order valence-electron chi connectivity index (χ3n) is 3.32. The van der Waals surface area contributed by atoms with Crippen molar-refractivity contribution >= 4 is 0 Å². The van der Waals surface area contributed by atoms with Crippen molar-refractivity contribution in [1.29, 1.82) is 0 Å². The fraction of sp³-hybridized carbons (Fsp3) is 0.455. The molecule has 0 bridgehead atoms. The van der Waals surface area contributed by atoms with Gasteiger partial charge in [0.15, 0.2) is 0 Å². The normalized spacial score (nSPS) is 41.6. The summed E-state index contributed by atoms with van der Waals surface area (Å²) < 4.78 is 0. The topological polar surface area (TPSA) is 32.3 Å². The molecular weight excluding hydrogens is 162 g/mol. The highest BCUT2D eigenvalue weighted by Crippen LogP contribution is 2.55. The summed E-state index contributed by atoms with van der Waals surface area (Å²) in [6, 6.07) is 10.4. The van der Waals surface area contributed by atoms with Gasteiger partial charge in [-0.15, -0.1) is 0 Å². The van der Waals surface area contributed by atoms with E-state index in [-0.39, 0.29) is 6.04 Å². The molecule has 0 spiro atoms. The molecule has 1 saturated heterocycles. The maximum atomic E-state index is 10.1. The van der Waals surface area contributed by atoms with Gasteiger partial charge in [0.05, 0.1) is 11.6 Å². The van der Waals surface area contributed by atoms with Crippen molar-refractivity contribution in [1.82, 2.24) is 5.32 Å². The molecular formula is C11H13NO. The van der Waals surface area contributed by atoms with Crippen LogP contribution in [-0.2, 0) is 0 Å². The molecule has 2 aliphatic rings. The highest BCUT2D eigenvalue weighted by molar-refractivity contribution is 5.30. The molecule has 1 saturated carbocycles.